The van der Waals surface area contributed by atoms with Gasteiger partial charge in [0.05, 0.1) is 11.9 Å². The second-order valence-electron chi connectivity index (χ2n) is 5.15. The zero-order chi connectivity index (χ0) is 16.1. The highest BCUT2D eigenvalue weighted by molar-refractivity contribution is 7.09. The van der Waals surface area contributed by atoms with E-state index in [1.54, 1.807) is 22.2 Å². The van der Waals surface area contributed by atoms with E-state index in [0.717, 1.165) is 18.5 Å². The van der Waals surface area contributed by atoms with Gasteiger partial charge in [-0.25, -0.2) is 4.68 Å². The Hall–Kier alpha value is -2.47. The van der Waals surface area contributed by atoms with Crippen molar-refractivity contribution in [1.82, 2.24) is 20.3 Å². The third kappa shape index (κ3) is 3.84. The van der Waals surface area contributed by atoms with Crippen molar-refractivity contribution in [2.45, 2.75) is 19.8 Å². The van der Waals surface area contributed by atoms with Gasteiger partial charge in [0, 0.05) is 11.4 Å². The van der Waals surface area contributed by atoms with Crippen LogP contribution in [0.4, 0.5) is 0 Å². The summed E-state index contributed by atoms with van der Waals surface area (Å²) in [5.74, 6) is -0.196. The van der Waals surface area contributed by atoms with Crippen LogP contribution >= 0.6 is 11.3 Å². The summed E-state index contributed by atoms with van der Waals surface area (Å²) in [5, 5.41) is 12.9. The fourth-order valence-electron chi connectivity index (χ4n) is 2.22. The summed E-state index contributed by atoms with van der Waals surface area (Å²) in [7, 11) is 0. The number of thiophene rings is 1. The molecule has 0 atom stereocenters. The molecule has 2 aromatic heterocycles. The molecule has 0 saturated carbocycles. The van der Waals surface area contributed by atoms with Gasteiger partial charge < -0.3 is 5.32 Å². The summed E-state index contributed by atoms with van der Waals surface area (Å²) in [6, 6.07) is 12.1. The van der Waals surface area contributed by atoms with Crippen LogP contribution in [0, 0.1) is 0 Å². The molecule has 0 saturated heterocycles. The summed E-state index contributed by atoms with van der Waals surface area (Å²) in [5.41, 5.74) is 2.49. The maximum absolute atomic E-state index is 12.1. The molecule has 0 bridgehead atoms. The van der Waals surface area contributed by atoms with Crippen molar-refractivity contribution in [3.05, 3.63) is 64.1 Å². The molecule has 0 aliphatic carbocycles. The first-order valence-electron chi connectivity index (χ1n) is 7.58. The minimum atomic E-state index is -0.196. The molecule has 1 amide bonds. The third-order valence-corrected chi connectivity index (χ3v) is 4.51. The lowest BCUT2D eigenvalue weighted by molar-refractivity contribution is 0.0949. The summed E-state index contributed by atoms with van der Waals surface area (Å²) in [6.45, 7) is 2.71. The highest BCUT2D eigenvalue weighted by Crippen LogP contribution is 2.10. The van der Waals surface area contributed by atoms with E-state index in [4.69, 9.17) is 0 Å². The fourth-order valence-corrected chi connectivity index (χ4v) is 2.93. The van der Waals surface area contributed by atoms with Crippen LogP contribution in [0.25, 0.3) is 5.69 Å². The smallest absolute Gasteiger partial charge is 0.273 e. The van der Waals surface area contributed by atoms with Gasteiger partial charge in [0.25, 0.3) is 5.91 Å². The number of aryl methyl sites for hydroxylation is 1. The lowest BCUT2D eigenvalue weighted by atomic mass is 10.1. The van der Waals surface area contributed by atoms with Crippen molar-refractivity contribution in [2.24, 2.45) is 0 Å². The number of hydrogen-bond donors (Lipinski definition) is 1. The van der Waals surface area contributed by atoms with Crippen molar-refractivity contribution < 1.29 is 4.79 Å². The number of carbonyl (C=O) groups is 1. The van der Waals surface area contributed by atoms with E-state index < -0.39 is 0 Å². The van der Waals surface area contributed by atoms with Gasteiger partial charge in [0.15, 0.2) is 5.69 Å². The van der Waals surface area contributed by atoms with Gasteiger partial charge in [-0.3, -0.25) is 4.79 Å². The number of hydrogen-bond acceptors (Lipinski definition) is 4. The Bertz CT molecular complexity index is 762. The largest absolute Gasteiger partial charge is 0.350 e. The molecule has 0 radical (unpaired) electrons. The van der Waals surface area contributed by atoms with E-state index in [1.165, 1.54) is 10.4 Å². The molecule has 0 spiro atoms. The zero-order valence-electron chi connectivity index (χ0n) is 12.9. The lowest BCUT2D eigenvalue weighted by Crippen LogP contribution is -2.25. The van der Waals surface area contributed by atoms with E-state index in [0.29, 0.717) is 12.2 Å². The summed E-state index contributed by atoms with van der Waals surface area (Å²) in [4.78, 5) is 13.3. The number of rotatable bonds is 6. The number of nitrogens with one attached hydrogen (secondary N) is 1. The molecule has 6 heteroatoms. The topological polar surface area (TPSA) is 59.8 Å². The Labute approximate surface area is 139 Å². The van der Waals surface area contributed by atoms with Crippen LogP contribution in [-0.4, -0.2) is 27.4 Å². The molecule has 23 heavy (non-hydrogen) atoms. The minimum absolute atomic E-state index is 0.196. The molecule has 0 aliphatic heterocycles. The van der Waals surface area contributed by atoms with Crippen molar-refractivity contribution in [3.63, 3.8) is 0 Å². The maximum atomic E-state index is 12.1. The van der Waals surface area contributed by atoms with Crippen LogP contribution in [0.15, 0.2) is 48.0 Å². The van der Waals surface area contributed by atoms with Gasteiger partial charge in [-0.1, -0.05) is 30.3 Å². The average molecular weight is 326 g/mol. The van der Waals surface area contributed by atoms with Crippen LogP contribution in [0.5, 0.6) is 0 Å². The molecule has 0 aliphatic rings. The van der Waals surface area contributed by atoms with Gasteiger partial charge in [-0.15, -0.1) is 16.4 Å². The molecular weight excluding hydrogens is 308 g/mol. The lowest BCUT2D eigenvalue weighted by Gasteiger charge is -2.02. The second-order valence-corrected chi connectivity index (χ2v) is 6.19. The Balaban J connectivity index is 1.60. The van der Waals surface area contributed by atoms with Gasteiger partial charge in [0.1, 0.15) is 0 Å². The van der Waals surface area contributed by atoms with E-state index in [1.807, 2.05) is 23.6 Å². The molecule has 0 unspecified atom stereocenters. The molecule has 0 fully saturated rings. The molecular formula is C17H18N4OS. The monoisotopic (exact) mass is 326 g/mol. The van der Waals surface area contributed by atoms with Gasteiger partial charge in [-0.05, 0) is 42.0 Å². The summed E-state index contributed by atoms with van der Waals surface area (Å²) < 4.78 is 1.62. The standard InChI is InChI=1S/C17H18N4OS/c1-2-13-5-7-14(8-6-13)21-12-16(19-20-21)17(22)18-10-9-15-4-3-11-23-15/h3-8,11-12H,2,9-10H2,1H3,(H,18,22). The molecule has 2 heterocycles. The van der Waals surface area contributed by atoms with Crippen LogP contribution < -0.4 is 5.32 Å². The highest BCUT2D eigenvalue weighted by atomic mass is 32.1. The van der Waals surface area contributed by atoms with Crippen molar-refractivity contribution >= 4 is 17.2 Å². The molecule has 3 rings (SSSR count). The summed E-state index contributed by atoms with van der Waals surface area (Å²) in [6.07, 6.45) is 3.48. The van der Waals surface area contributed by atoms with E-state index >= 15 is 0 Å². The number of amides is 1. The third-order valence-electron chi connectivity index (χ3n) is 3.57. The number of aromatic nitrogens is 3. The van der Waals surface area contributed by atoms with Crippen LogP contribution in [0.2, 0.25) is 0 Å². The predicted octanol–water partition coefficient (Wildman–Crippen LogP) is 2.86. The Morgan fingerprint density at radius 2 is 2.09 bits per heavy atom. The Morgan fingerprint density at radius 1 is 1.26 bits per heavy atom. The van der Waals surface area contributed by atoms with Crippen molar-refractivity contribution in [2.75, 3.05) is 6.54 Å². The van der Waals surface area contributed by atoms with E-state index in [9.17, 15) is 4.79 Å². The van der Waals surface area contributed by atoms with Gasteiger partial charge in [0.2, 0.25) is 0 Å². The number of benzene rings is 1. The molecule has 5 nitrogen and oxygen atoms in total. The quantitative estimate of drug-likeness (QED) is 0.758. The molecule has 118 valence electrons. The van der Waals surface area contributed by atoms with E-state index in [2.05, 4.69) is 40.8 Å². The highest BCUT2D eigenvalue weighted by Gasteiger charge is 2.11. The SMILES string of the molecule is CCc1ccc(-n2cc(C(=O)NCCc3cccs3)nn2)cc1. The summed E-state index contributed by atoms with van der Waals surface area (Å²) >= 11 is 1.69. The first-order valence-corrected chi connectivity index (χ1v) is 8.46. The Kier molecular flexibility index (Phi) is 4.83. The van der Waals surface area contributed by atoms with Gasteiger partial charge in [-0.2, -0.15) is 0 Å². The fraction of sp³-hybridized carbons (Fsp3) is 0.235. The first-order chi connectivity index (χ1) is 11.3. The van der Waals surface area contributed by atoms with Crippen molar-refractivity contribution in [3.8, 4) is 5.69 Å². The zero-order valence-corrected chi connectivity index (χ0v) is 13.7. The minimum Gasteiger partial charge on any atom is -0.350 e. The normalized spacial score (nSPS) is 10.7. The molecule has 1 N–H and O–H groups in total. The number of carbonyl (C=O) groups excluding carboxylic acids is 1. The second kappa shape index (κ2) is 7.19. The predicted molar refractivity (Wildman–Crippen MR) is 91.1 cm³/mol. The maximum Gasteiger partial charge on any atom is 0.273 e. The van der Waals surface area contributed by atoms with Crippen molar-refractivity contribution in [1.29, 1.82) is 0 Å². The first kappa shape index (κ1) is 15.4. The van der Waals surface area contributed by atoms with Crippen LogP contribution in [0.1, 0.15) is 27.9 Å². The Morgan fingerprint density at radius 3 is 2.78 bits per heavy atom. The average Bonchev–Trinajstić information content (AvgIpc) is 3.26. The van der Waals surface area contributed by atoms with E-state index in [-0.39, 0.29) is 5.91 Å². The molecule has 1 aromatic carbocycles. The van der Waals surface area contributed by atoms with Crippen LogP contribution in [0.3, 0.4) is 0 Å². The van der Waals surface area contributed by atoms with Gasteiger partial charge >= 0.3 is 0 Å². The molecule has 3 aromatic rings. The number of nitrogens with zero attached hydrogens (tertiary/aromatic N) is 3. The van der Waals surface area contributed by atoms with Crippen LogP contribution in [-0.2, 0) is 12.8 Å².